The number of aryl methyl sites for hydroxylation is 1. The van der Waals surface area contributed by atoms with Gasteiger partial charge in [-0.2, -0.15) is 0 Å². The normalized spacial score (nSPS) is 12.4. The van der Waals surface area contributed by atoms with Gasteiger partial charge in [0.2, 0.25) is 0 Å². The van der Waals surface area contributed by atoms with Crippen LogP contribution in [0.2, 0.25) is 0 Å². The molecule has 0 aliphatic heterocycles. The maximum absolute atomic E-state index is 4.51. The van der Waals surface area contributed by atoms with E-state index < -0.39 is 0 Å². The highest BCUT2D eigenvalue weighted by Crippen LogP contribution is 2.27. The minimum atomic E-state index is 0.328. The molecule has 19 heavy (non-hydrogen) atoms. The molecule has 0 saturated carbocycles. The van der Waals surface area contributed by atoms with Gasteiger partial charge in [-0.25, -0.2) is 4.98 Å². The molecule has 1 aromatic heterocycles. The Kier molecular flexibility index (Phi) is 5.00. The number of pyridine rings is 1. The first-order valence-electron chi connectivity index (χ1n) is 6.51. The molecule has 0 fully saturated rings. The molecule has 100 valence electrons. The van der Waals surface area contributed by atoms with Crippen molar-refractivity contribution >= 4 is 11.8 Å². The van der Waals surface area contributed by atoms with E-state index in [4.69, 9.17) is 0 Å². The number of thioether (sulfide) groups is 1. The summed E-state index contributed by atoms with van der Waals surface area (Å²) in [7, 11) is 1.98. The molecule has 0 aliphatic carbocycles. The topological polar surface area (TPSA) is 24.9 Å². The third-order valence-corrected chi connectivity index (χ3v) is 4.25. The zero-order chi connectivity index (χ0) is 13.7. The fourth-order valence-corrected chi connectivity index (χ4v) is 2.99. The van der Waals surface area contributed by atoms with Crippen LogP contribution in [0.4, 0.5) is 0 Å². The summed E-state index contributed by atoms with van der Waals surface area (Å²) in [5, 5.41) is 4.39. The highest BCUT2D eigenvalue weighted by molar-refractivity contribution is 7.98. The molecule has 1 N–H and O–H groups in total. The summed E-state index contributed by atoms with van der Waals surface area (Å²) in [5.41, 5.74) is 3.92. The molecule has 0 bridgehead atoms. The van der Waals surface area contributed by atoms with Crippen LogP contribution < -0.4 is 5.32 Å². The predicted octanol–water partition coefficient (Wildman–Crippen LogP) is 3.96. The average molecular weight is 272 g/mol. The Morgan fingerprint density at radius 1 is 1.26 bits per heavy atom. The van der Waals surface area contributed by atoms with Crippen LogP contribution in [-0.2, 0) is 5.75 Å². The predicted molar refractivity (Wildman–Crippen MR) is 82.5 cm³/mol. The van der Waals surface area contributed by atoms with Crippen molar-refractivity contribution < 1.29 is 0 Å². The molecule has 1 heterocycles. The number of nitrogens with one attached hydrogen (secondary N) is 1. The number of hydrogen-bond donors (Lipinski definition) is 1. The first kappa shape index (κ1) is 14.1. The van der Waals surface area contributed by atoms with Gasteiger partial charge in [0.15, 0.2) is 0 Å². The Balaban J connectivity index is 2.11. The second-order valence-corrected chi connectivity index (χ2v) is 5.65. The molecular weight excluding hydrogens is 252 g/mol. The molecule has 1 atom stereocenters. The molecule has 1 unspecified atom stereocenters. The van der Waals surface area contributed by atoms with E-state index in [2.05, 4.69) is 54.5 Å². The van der Waals surface area contributed by atoms with Crippen LogP contribution in [0.25, 0.3) is 0 Å². The van der Waals surface area contributed by atoms with E-state index in [1.54, 1.807) is 11.8 Å². The quantitative estimate of drug-likeness (QED) is 0.834. The van der Waals surface area contributed by atoms with Gasteiger partial charge in [-0.05, 0) is 32.5 Å². The number of benzene rings is 1. The molecule has 0 spiro atoms. The fraction of sp³-hybridized carbons (Fsp3) is 0.312. The van der Waals surface area contributed by atoms with Crippen molar-refractivity contribution in [1.29, 1.82) is 0 Å². The third-order valence-electron chi connectivity index (χ3n) is 3.16. The largest absolute Gasteiger partial charge is 0.313 e. The van der Waals surface area contributed by atoms with Crippen molar-refractivity contribution in [2.75, 3.05) is 7.05 Å². The summed E-state index contributed by atoms with van der Waals surface area (Å²) in [6.45, 7) is 4.29. The highest BCUT2D eigenvalue weighted by atomic mass is 32.2. The van der Waals surface area contributed by atoms with E-state index in [1.807, 2.05) is 19.3 Å². The lowest BCUT2D eigenvalue weighted by atomic mass is 10.1. The Morgan fingerprint density at radius 2 is 2.11 bits per heavy atom. The lowest BCUT2D eigenvalue weighted by Crippen LogP contribution is -2.13. The Labute approximate surface area is 119 Å². The monoisotopic (exact) mass is 272 g/mol. The van der Waals surface area contributed by atoms with Crippen LogP contribution in [-0.4, -0.2) is 12.0 Å². The second kappa shape index (κ2) is 6.73. The first-order valence-corrected chi connectivity index (χ1v) is 7.50. The lowest BCUT2D eigenvalue weighted by Gasteiger charge is -2.14. The molecule has 0 saturated heterocycles. The van der Waals surface area contributed by atoms with E-state index in [1.165, 1.54) is 16.7 Å². The fourth-order valence-electron chi connectivity index (χ4n) is 1.96. The zero-order valence-corrected chi connectivity index (χ0v) is 12.5. The first-order chi connectivity index (χ1) is 9.20. The molecule has 2 aromatic rings. The van der Waals surface area contributed by atoms with Crippen LogP contribution in [0.3, 0.4) is 0 Å². The molecule has 1 aromatic carbocycles. The van der Waals surface area contributed by atoms with Crippen LogP contribution in [0, 0.1) is 6.92 Å². The van der Waals surface area contributed by atoms with Gasteiger partial charge in [0.1, 0.15) is 5.03 Å². The van der Waals surface area contributed by atoms with E-state index in [-0.39, 0.29) is 0 Å². The van der Waals surface area contributed by atoms with Gasteiger partial charge in [0, 0.05) is 23.6 Å². The summed E-state index contributed by atoms with van der Waals surface area (Å²) in [6.07, 6.45) is 1.87. The molecule has 2 rings (SSSR count). The third kappa shape index (κ3) is 3.82. The second-order valence-electron chi connectivity index (χ2n) is 4.69. The van der Waals surface area contributed by atoms with Crippen molar-refractivity contribution in [2.45, 2.75) is 30.7 Å². The smallest absolute Gasteiger partial charge is 0.101 e. The summed E-state index contributed by atoms with van der Waals surface area (Å²) in [5.74, 6) is 0.960. The standard InChI is InChI=1S/C16H20N2S/c1-12-6-4-7-14(10-12)11-19-16-15(13(2)17-3)8-5-9-18-16/h4-10,13,17H,11H2,1-3H3. The Hall–Kier alpha value is -1.32. The Bertz CT molecular complexity index is 540. The van der Waals surface area contributed by atoms with E-state index in [9.17, 15) is 0 Å². The number of hydrogen-bond acceptors (Lipinski definition) is 3. The van der Waals surface area contributed by atoms with Crippen LogP contribution >= 0.6 is 11.8 Å². The van der Waals surface area contributed by atoms with Gasteiger partial charge in [-0.1, -0.05) is 35.9 Å². The maximum atomic E-state index is 4.51. The van der Waals surface area contributed by atoms with Crippen molar-refractivity contribution in [3.63, 3.8) is 0 Å². The summed E-state index contributed by atoms with van der Waals surface area (Å²) >= 11 is 1.80. The van der Waals surface area contributed by atoms with Gasteiger partial charge >= 0.3 is 0 Å². The summed E-state index contributed by atoms with van der Waals surface area (Å²) < 4.78 is 0. The molecule has 0 aliphatic rings. The van der Waals surface area contributed by atoms with E-state index in [0.717, 1.165) is 10.8 Å². The number of nitrogens with zero attached hydrogens (tertiary/aromatic N) is 1. The van der Waals surface area contributed by atoms with Crippen LogP contribution in [0.1, 0.15) is 29.7 Å². The molecule has 2 nitrogen and oxygen atoms in total. The minimum absolute atomic E-state index is 0.328. The van der Waals surface area contributed by atoms with Gasteiger partial charge < -0.3 is 5.32 Å². The van der Waals surface area contributed by atoms with Gasteiger partial charge in [0.25, 0.3) is 0 Å². The molecule has 0 radical (unpaired) electrons. The van der Waals surface area contributed by atoms with Gasteiger partial charge in [-0.15, -0.1) is 11.8 Å². The summed E-state index contributed by atoms with van der Waals surface area (Å²) in [4.78, 5) is 4.51. The lowest BCUT2D eigenvalue weighted by molar-refractivity contribution is 0.634. The van der Waals surface area contributed by atoms with Crippen molar-refractivity contribution in [1.82, 2.24) is 10.3 Å². The molecule has 0 amide bonds. The van der Waals surface area contributed by atoms with Crippen LogP contribution in [0.15, 0.2) is 47.6 Å². The van der Waals surface area contributed by atoms with Crippen molar-refractivity contribution in [3.05, 3.63) is 59.3 Å². The van der Waals surface area contributed by atoms with Gasteiger partial charge in [-0.3, -0.25) is 0 Å². The highest BCUT2D eigenvalue weighted by Gasteiger charge is 2.10. The van der Waals surface area contributed by atoms with Crippen LogP contribution in [0.5, 0.6) is 0 Å². The minimum Gasteiger partial charge on any atom is -0.313 e. The molecular formula is C16H20N2S. The van der Waals surface area contributed by atoms with Gasteiger partial charge in [0.05, 0.1) is 0 Å². The average Bonchev–Trinajstić information content (AvgIpc) is 2.45. The SMILES string of the molecule is CNC(C)c1cccnc1SCc1cccc(C)c1. The summed E-state index contributed by atoms with van der Waals surface area (Å²) in [6, 6.07) is 13.1. The number of rotatable bonds is 5. The maximum Gasteiger partial charge on any atom is 0.101 e. The van der Waals surface area contributed by atoms with Crippen molar-refractivity contribution in [2.24, 2.45) is 0 Å². The Morgan fingerprint density at radius 3 is 2.84 bits per heavy atom. The molecule has 3 heteroatoms. The van der Waals surface area contributed by atoms with E-state index in [0.29, 0.717) is 6.04 Å². The number of aromatic nitrogens is 1. The van der Waals surface area contributed by atoms with E-state index >= 15 is 0 Å². The van der Waals surface area contributed by atoms with Crippen molar-refractivity contribution in [3.8, 4) is 0 Å². The zero-order valence-electron chi connectivity index (χ0n) is 11.7.